The van der Waals surface area contributed by atoms with Crippen molar-refractivity contribution in [1.29, 1.82) is 0 Å². The third-order valence-corrected chi connectivity index (χ3v) is 5.38. The summed E-state index contributed by atoms with van der Waals surface area (Å²) in [4.78, 5) is 12.6. The Bertz CT molecular complexity index is 1290. The number of fused-ring (bicyclic) bond motifs is 2. The molecular weight excluding hydrogens is 394 g/mol. The number of amides is 1. The highest BCUT2D eigenvalue weighted by molar-refractivity contribution is 5.95. The summed E-state index contributed by atoms with van der Waals surface area (Å²) in [6, 6.07) is 11.6. The molecule has 0 saturated carbocycles. The van der Waals surface area contributed by atoms with Crippen molar-refractivity contribution in [3.8, 4) is 11.6 Å². The Labute approximate surface area is 179 Å². The zero-order valence-electron chi connectivity index (χ0n) is 17.8. The van der Waals surface area contributed by atoms with Gasteiger partial charge in [0.1, 0.15) is 11.6 Å². The van der Waals surface area contributed by atoms with Gasteiger partial charge in [-0.05, 0) is 57.5 Å². The molecule has 0 saturated heterocycles. The quantitative estimate of drug-likeness (QED) is 0.547. The number of rotatable bonds is 4. The molecule has 158 valence electrons. The Morgan fingerprint density at radius 3 is 2.58 bits per heavy atom. The molecule has 1 aliphatic heterocycles. The second-order valence-electron chi connectivity index (χ2n) is 8.01. The molecule has 1 N–H and O–H groups in total. The summed E-state index contributed by atoms with van der Waals surface area (Å²) in [5.41, 5.74) is 3.56. The van der Waals surface area contributed by atoms with Crippen molar-refractivity contribution in [3.05, 3.63) is 59.0 Å². The number of aryl methyl sites for hydroxylation is 2. The largest absolute Gasteiger partial charge is 0.491 e. The predicted octanol–water partition coefficient (Wildman–Crippen LogP) is 3.19. The van der Waals surface area contributed by atoms with Crippen molar-refractivity contribution in [2.45, 2.75) is 46.1 Å². The molecule has 1 aromatic carbocycles. The molecule has 0 aliphatic carbocycles. The first-order valence-corrected chi connectivity index (χ1v) is 10.3. The lowest BCUT2D eigenvalue weighted by Gasteiger charge is -2.24. The molecule has 5 rings (SSSR count). The molecule has 4 aromatic rings. The van der Waals surface area contributed by atoms with Gasteiger partial charge in [-0.25, -0.2) is 0 Å². The maximum absolute atomic E-state index is 12.6. The smallest absolute Gasteiger partial charge is 0.226 e. The van der Waals surface area contributed by atoms with Crippen molar-refractivity contribution < 1.29 is 9.53 Å². The monoisotopic (exact) mass is 417 g/mol. The van der Waals surface area contributed by atoms with Crippen molar-refractivity contribution in [3.63, 3.8) is 0 Å². The SMILES string of the molecule is Cc1nn(-c2ccc3nnc(C)n3n2)c2c1[C@H](c1ccc(OC(C)C)cc1)CC(=O)N2. The van der Waals surface area contributed by atoms with Gasteiger partial charge in [-0.15, -0.1) is 15.3 Å². The Balaban J connectivity index is 1.58. The number of anilines is 1. The maximum Gasteiger partial charge on any atom is 0.226 e. The molecule has 4 heterocycles. The van der Waals surface area contributed by atoms with E-state index < -0.39 is 0 Å². The molecule has 31 heavy (non-hydrogen) atoms. The van der Waals surface area contributed by atoms with Crippen molar-refractivity contribution in [2.75, 3.05) is 5.32 Å². The molecule has 9 heteroatoms. The van der Waals surface area contributed by atoms with Crippen LogP contribution in [0.25, 0.3) is 11.5 Å². The Morgan fingerprint density at radius 1 is 1.06 bits per heavy atom. The van der Waals surface area contributed by atoms with Gasteiger partial charge in [0.15, 0.2) is 17.3 Å². The first kappa shape index (κ1) is 19.2. The van der Waals surface area contributed by atoms with Gasteiger partial charge in [0.2, 0.25) is 5.91 Å². The van der Waals surface area contributed by atoms with Gasteiger partial charge >= 0.3 is 0 Å². The minimum absolute atomic E-state index is 0.0530. The number of nitrogens with zero attached hydrogens (tertiary/aromatic N) is 6. The molecule has 1 atom stereocenters. The van der Waals surface area contributed by atoms with E-state index in [4.69, 9.17) is 9.84 Å². The van der Waals surface area contributed by atoms with E-state index in [1.165, 1.54) is 0 Å². The van der Waals surface area contributed by atoms with Crippen molar-refractivity contribution in [2.24, 2.45) is 0 Å². The summed E-state index contributed by atoms with van der Waals surface area (Å²) in [6.07, 6.45) is 0.471. The molecule has 0 fully saturated rings. The van der Waals surface area contributed by atoms with Crippen LogP contribution in [-0.2, 0) is 4.79 Å². The van der Waals surface area contributed by atoms with Crippen LogP contribution in [0.15, 0.2) is 36.4 Å². The van der Waals surface area contributed by atoms with Crippen LogP contribution in [0.3, 0.4) is 0 Å². The van der Waals surface area contributed by atoms with Crippen LogP contribution in [0.5, 0.6) is 5.75 Å². The summed E-state index contributed by atoms with van der Waals surface area (Å²) >= 11 is 0. The first-order valence-electron chi connectivity index (χ1n) is 10.3. The number of nitrogens with one attached hydrogen (secondary N) is 1. The molecule has 0 unspecified atom stereocenters. The number of ether oxygens (including phenoxy) is 1. The summed E-state index contributed by atoms with van der Waals surface area (Å²) in [5.74, 6) is 2.59. The minimum Gasteiger partial charge on any atom is -0.491 e. The first-order chi connectivity index (χ1) is 14.9. The Kier molecular flexibility index (Phi) is 4.46. The molecule has 0 spiro atoms. The van der Waals surface area contributed by atoms with E-state index in [2.05, 4.69) is 20.6 Å². The fourth-order valence-electron chi connectivity index (χ4n) is 4.05. The summed E-state index contributed by atoms with van der Waals surface area (Å²) < 4.78 is 9.10. The van der Waals surface area contributed by atoms with Crippen LogP contribution in [0, 0.1) is 13.8 Å². The number of hydrogen-bond donors (Lipinski definition) is 1. The molecule has 1 amide bonds. The van der Waals surface area contributed by atoms with Gasteiger partial charge in [0.25, 0.3) is 0 Å². The van der Waals surface area contributed by atoms with Crippen molar-refractivity contribution >= 4 is 17.4 Å². The molecule has 9 nitrogen and oxygen atoms in total. The van der Waals surface area contributed by atoms with Gasteiger partial charge in [0.05, 0.1) is 11.8 Å². The molecule has 0 radical (unpaired) electrons. The lowest BCUT2D eigenvalue weighted by atomic mass is 9.86. The zero-order chi connectivity index (χ0) is 21.7. The third kappa shape index (κ3) is 3.31. The van der Waals surface area contributed by atoms with E-state index in [1.807, 2.05) is 64.1 Å². The number of hydrogen-bond acceptors (Lipinski definition) is 6. The third-order valence-electron chi connectivity index (χ3n) is 5.38. The van der Waals surface area contributed by atoms with Gasteiger partial charge < -0.3 is 10.1 Å². The normalized spacial score (nSPS) is 15.9. The van der Waals surface area contributed by atoms with Gasteiger partial charge in [-0.1, -0.05) is 12.1 Å². The zero-order valence-corrected chi connectivity index (χ0v) is 17.8. The fraction of sp³-hybridized carbons (Fsp3) is 0.318. The molecule has 1 aliphatic rings. The van der Waals surface area contributed by atoms with E-state index in [0.29, 0.717) is 29.5 Å². The van der Waals surface area contributed by atoms with E-state index in [9.17, 15) is 4.79 Å². The van der Waals surface area contributed by atoms with Gasteiger partial charge in [-0.3, -0.25) is 4.79 Å². The minimum atomic E-state index is -0.0917. The number of benzene rings is 1. The topological polar surface area (TPSA) is 99.2 Å². The van der Waals surface area contributed by atoms with Gasteiger partial charge in [-0.2, -0.15) is 14.3 Å². The van der Waals surface area contributed by atoms with E-state index in [0.717, 1.165) is 22.6 Å². The highest BCUT2D eigenvalue weighted by Crippen LogP contribution is 2.40. The Morgan fingerprint density at radius 2 is 1.84 bits per heavy atom. The highest BCUT2D eigenvalue weighted by Gasteiger charge is 2.33. The number of carbonyl (C=O) groups is 1. The van der Waals surface area contributed by atoms with Crippen LogP contribution in [0.2, 0.25) is 0 Å². The standard InChI is InChI=1S/C22H23N7O2/c1-12(2)31-16-7-5-15(6-8-16)17-11-20(30)23-22-21(17)13(3)26-29(22)19-10-9-18-25-24-14(4)28(18)27-19/h5-10,12,17H,11H2,1-4H3,(H,23,30)/t17-/m0/s1. The molecule has 3 aromatic heterocycles. The van der Waals surface area contributed by atoms with Crippen LogP contribution < -0.4 is 10.1 Å². The van der Waals surface area contributed by atoms with Crippen LogP contribution >= 0.6 is 0 Å². The average molecular weight is 417 g/mol. The second kappa shape index (κ2) is 7.19. The fourth-order valence-corrected chi connectivity index (χ4v) is 4.05. The van der Waals surface area contributed by atoms with Crippen LogP contribution in [0.1, 0.15) is 48.8 Å². The number of carbonyl (C=O) groups excluding carboxylic acids is 1. The van der Waals surface area contributed by atoms with Crippen LogP contribution in [0.4, 0.5) is 5.82 Å². The summed E-state index contributed by atoms with van der Waals surface area (Å²) in [5, 5.41) is 20.4. The van der Waals surface area contributed by atoms with Crippen molar-refractivity contribution in [1.82, 2.24) is 29.6 Å². The maximum atomic E-state index is 12.6. The summed E-state index contributed by atoms with van der Waals surface area (Å²) in [6.45, 7) is 7.79. The van der Waals surface area contributed by atoms with Crippen LogP contribution in [-0.4, -0.2) is 41.6 Å². The number of aromatic nitrogens is 6. The van der Waals surface area contributed by atoms with E-state index >= 15 is 0 Å². The molecular formula is C22H23N7O2. The average Bonchev–Trinajstić information content (AvgIpc) is 3.27. The highest BCUT2D eigenvalue weighted by atomic mass is 16.5. The van der Waals surface area contributed by atoms with E-state index in [-0.39, 0.29) is 17.9 Å². The lowest BCUT2D eigenvalue weighted by Crippen LogP contribution is -2.25. The summed E-state index contributed by atoms with van der Waals surface area (Å²) in [7, 11) is 0. The Hall–Kier alpha value is -3.75. The lowest BCUT2D eigenvalue weighted by molar-refractivity contribution is -0.116. The molecule has 0 bridgehead atoms. The van der Waals surface area contributed by atoms with E-state index in [1.54, 1.807) is 9.20 Å². The van der Waals surface area contributed by atoms with Gasteiger partial charge in [0, 0.05) is 17.9 Å². The predicted molar refractivity (Wildman–Crippen MR) is 115 cm³/mol. The second-order valence-corrected chi connectivity index (χ2v) is 8.01.